The highest BCUT2D eigenvalue weighted by Gasteiger charge is 2.30. The summed E-state index contributed by atoms with van der Waals surface area (Å²) in [5.74, 6) is -0.657. The summed E-state index contributed by atoms with van der Waals surface area (Å²) < 4.78 is 68.3. The van der Waals surface area contributed by atoms with Gasteiger partial charge >= 0.3 is 39.5 Å². The highest BCUT2D eigenvalue weighted by Crippen LogP contribution is 2.45. The number of hydrogen-bond acceptors (Lipinski definition) is 15. The van der Waals surface area contributed by atoms with E-state index in [1.54, 1.807) is 0 Å². The Morgan fingerprint density at radius 1 is 0.297 bits per heavy atom. The summed E-state index contributed by atoms with van der Waals surface area (Å²) in [6.45, 7) is 9.49. The number of aliphatic hydroxyl groups is 1. The Balaban J connectivity index is 5.21. The van der Waals surface area contributed by atoms with E-state index in [1.807, 2.05) is 0 Å². The zero-order valence-corrected chi connectivity index (χ0v) is 60.9. The molecule has 0 aromatic carbocycles. The molecule has 0 aromatic rings. The van der Waals surface area contributed by atoms with E-state index < -0.39 is 97.5 Å². The second kappa shape index (κ2) is 64.1. The first-order valence-electron chi connectivity index (χ1n) is 37.5. The molecule has 0 aliphatic rings. The van der Waals surface area contributed by atoms with E-state index in [1.165, 1.54) is 186 Å². The van der Waals surface area contributed by atoms with Crippen LogP contribution < -0.4 is 0 Å². The lowest BCUT2D eigenvalue weighted by Crippen LogP contribution is -2.30. The van der Waals surface area contributed by atoms with E-state index in [9.17, 15) is 43.2 Å². The summed E-state index contributed by atoms with van der Waals surface area (Å²) in [5.41, 5.74) is 0. The molecule has 0 radical (unpaired) electrons. The van der Waals surface area contributed by atoms with Crippen LogP contribution >= 0.6 is 15.6 Å². The summed E-state index contributed by atoms with van der Waals surface area (Å²) in [6.07, 6.45) is 50.1. The van der Waals surface area contributed by atoms with Crippen molar-refractivity contribution >= 4 is 39.5 Å². The van der Waals surface area contributed by atoms with Crippen molar-refractivity contribution in [2.75, 3.05) is 39.6 Å². The summed E-state index contributed by atoms with van der Waals surface area (Å²) >= 11 is 0. The first kappa shape index (κ1) is 89.1. The van der Waals surface area contributed by atoms with E-state index in [0.29, 0.717) is 31.6 Å². The summed E-state index contributed by atoms with van der Waals surface area (Å²) in [6, 6.07) is 0. The maximum absolute atomic E-state index is 13.0. The number of carbonyl (C=O) groups excluding carboxylic acids is 4. The third-order valence-corrected chi connectivity index (χ3v) is 18.6. The number of esters is 4. The van der Waals surface area contributed by atoms with Crippen LogP contribution in [0, 0.1) is 11.8 Å². The van der Waals surface area contributed by atoms with Gasteiger partial charge in [0.05, 0.1) is 26.4 Å². The highest BCUT2D eigenvalue weighted by molar-refractivity contribution is 7.47. The number of rotatable bonds is 71. The molecule has 0 spiro atoms. The maximum atomic E-state index is 13.0. The van der Waals surface area contributed by atoms with Gasteiger partial charge in [-0.15, -0.1) is 0 Å². The zero-order valence-electron chi connectivity index (χ0n) is 59.1. The minimum atomic E-state index is -4.95. The SMILES string of the molecule is CCCCCCCCCCCCCCCCCCCCC(=O)O[C@H](COC(=O)CCCCCCCCCCCCCC(C)C)COP(=O)(O)OC[C@@H](O)COP(=O)(O)OC[C@@H](COC(=O)CCCCCCCCCCC)OC(=O)CCCCCCCCCC(C)C. The van der Waals surface area contributed by atoms with Crippen molar-refractivity contribution in [3.63, 3.8) is 0 Å². The Hall–Kier alpha value is -1.94. The Labute approximate surface area is 556 Å². The predicted octanol–water partition coefficient (Wildman–Crippen LogP) is 20.8. The van der Waals surface area contributed by atoms with Gasteiger partial charge < -0.3 is 33.8 Å². The summed E-state index contributed by atoms with van der Waals surface area (Å²) in [7, 11) is -9.90. The topological polar surface area (TPSA) is 237 Å². The molecule has 3 N–H and O–H groups in total. The van der Waals surface area contributed by atoms with Crippen molar-refractivity contribution in [1.29, 1.82) is 0 Å². The Kier molecular flexibility index (Phi) is 62.7. The molecule has 0 aromatic heterocycles. The highest BCUT2D eigenvalue weighted by atomic mass is 31.2. The number of hydrogen-bond donors (Lipinski definition) is 3. The average molecular weight is 1340 g/mol. The van der Waals surface area contributed by atoms with Crippen LogP contribution in [0.4, 0.5) is 0 Å². The molecule has 540 valence electrons. The standard InChI is InChI=1S/C72H140O17P2/c1-7-9-11-13-15-17-18-19-20-21-22-23-24-27-32-38-44-50-56-71(76)88-67(60-83-70(75)55-49-43-37-31-28-25-26-30-34-40-46-52-64(3)4)62-86-90(78,79)84-58-66(73)59-85-91(80,81)87-63-68(61-82-69(74)54-48-42-36-29-16-14-12-10-8-2)89-72(77)57-51-45-39-33-35-41-47-53-65(5)6/h64-68,73H,7-63H2,1-6H3,(H,78,79)(H,80,81)/t66-,67-,68-/m1/s1. The van der Waals surface area contributed by atoms with Crippen LogP contribution in [0.2, 0.25) is 0 Å². The Bertz CT molecular complexity index is 1770. The number of unbranched alkanes of at least 4 members (excludes halogenated alkanes) is 41. The van der Waals surface area contributed by atoms with Crippen LogP contribution in [0.15, 0.2) is 0 Å². The first-order valence-corrected chi connectivity index (χ1v) is 40.5. The molecule has 17 nitrogen and oxygen atoms in total. The molecular weight excluding hydrogens is 1200 g/mol. The molecular formula is C72H140O17P2. The van der Waals surface area contributed by atoms with Crippen LogP contribution in [-0.2, 0) is 65.4 Å². The maximum Gasteiger partial charge on any atom is 0.472 e. The molecule has 0 aliphatic carbocycles. The Morgan fingerprint density at radius 3 is 0.747 bits per heavy atom. The zero-order chi connectivity index (χ0) is 67.2. The van der Waals surface area contributed by atoms with Gasteiger partial charge in [0.15, 0.2) is 12.2 Å². The van der Waals surface area contributed by atoms with Crippen molar-refractivity contribution in [1.82, 2.24) is 0 Å². The molecule has 19 heteroatoms. The fourth-order valence-electron chi connectivity index (χ4n) is 10.9. The molecule has 91 heavy (non-hydrogen) atoms. The monoisotopic (exact) mass is 1340 g/mol. The second-order valence-corrected chi connectivity index (χ2v) is 29.8. The lowest BCUT2D eigenvalue weighted by molar-refractivity contribution is -0.161. The summed E-state index contributed by atoms with van der Waals surface area (Å²) in [5, 5.41) is 10.6. The smallest absolute Gasteiger partial charge is 0.462 e. The van der Waals surface area contributed by atoms with Crippen molar-refractivity contribution in [3.8, 4) is 0 Å². The fourth-order valence-corrected chi connectivity index (χ4v) is 12.5. The van der Waals surface area contributed by atoms with Gasteiger partial charge in [0.1, 0.15) is 19.3 Å². The van der Waals surface area contributed by atoms with Crippen molar-refractivity contribution in [3.05, 3.63) is 0 Å². The molecule has 5 atom stereocenters. The molecule has 0 saturated heterocycles. The van der Waals surface area contributed by atoms with Crippen LogP contribution in [0.1, 0.15) is 369 Å². The molecule has 0 aliphatic heterocycles. The first-order chi connectivity index (χ1) is 43.9. The van der Waals surface area contributed by atoms with Crippen LogP contribution in [-0.4, -0.2) is 96.7 Å². The molecule has 0 heterocycles. The number of ether oxygens (including phenoxy) is 4. The van der Waals surface area contributed by atoms with Gasteiger partial charge in [-0.05, 0) is 37.5 Å². The lowest BCUT2D eigenvalue weighted by atomic mass is 10.0. The largest absolute Gasteiger partial charge is 0.472 e. The van der Waals surface area contributed by atoms with E-state index in [4.69, 9.17) is 37.0 Å². The number of phosphoric ester groups is 2. The molecule has 0 amide bonds. The quantitative estimate of drug-likeness (QED) is 0.0222. The van der Waals surface area contributed by atoms with Gasteiger partial charge in [-0.3, -0.25) is 37.3 Å². The van der Waals surface area contributed by atoms with Crippen LogP contribution in [0.3, 0.4) is 0 Å². The number of phosphoric acid groups is 2. The van der Waals surface area contributed by atoms with E-state index in [0.717, 1.165) is 95.8 Å². The molecule has 0 bridgehead atoms. The Morgan fingerprint density at radius 2 is 0.505 bits per heavy atom. The van der Waals surface area contributed by atoms with Gasteiger partial charge in [-0.1, -0.05) is 318 Å². The molecule has 0 saturated carbocycles. The second-order valence-electron chi connectivity index (χ2n) is 26.9. The molecule has 2 unspecified atom stereocenters. The molecule has 0 fully saturated rings. The third kappa shape index (κ3) is 66.5. The predicted molar refractivity (Wildman–Crippen MR) is 368 cm³/mol. The van der Waals surface area contributed by atoms with E-state index in [-0.39, 0.29) is 25.7 Å². The van der Waals surface area contributed by atoms with E-state index in [2.05, 4.69) is 41.5 Å². The van der Waals surface area contributed by atoms with Gasteiger partial charge in [-0.2, -0.15) is 0 Å². The minimum absolute atomic E-state index is 0.104. The van der Waals surface area contributed by atoms with Crippen LogP contribution in [0.5, 0.6) is 0 Å². The van der Waals surface area contributed by atoms with Gasteiger partial charge in [0, 0.05) is 25.7 Å². The lowest BCUT2D eigenvalue weighted by Gasteiger charge is -2.21. The van der Waals surface area contributed by atoms with Crippen molar-refractivity contribution < 1.29 is 80.2 Å². The minimum Gasteiger partial charge on any atom is -0.462 e. The van der Waals surface area contributed by atoms with Gasteiger partial charge in [0.2, 0.25) is 0 Å². The molecule has 0 rings (SSSR count). The van der Waals surface area contributed by atoms with Gasteiger partial charge in [0.25, 0.3) is 0 Å². The van der Waals surface area contributed by atoms with Gasteiger partial charge in [-0.25, -0.2) is 9.13 Å². The number of aliphatic hydroxyl groups excluding tert-OH is 1. The fraction of sp³-hybridized carbons (Fsp3) is 0.944. The average Bonchev–Trinajstić information content (AvgIpc) is 3.38. The third-order valence-electron chi connectivity index (χ3n) is 16.7. The van der Waals surface area contributed by atoms with Crippen molar-refractivity contribution in [2.45, 2.75) is 387 Å². The normalized spacial score (nSPS) is 14.1. The van der Waals surface area contributed by atoms with E-state index >= 15 is 0 Å². The van der Waals surface area contributed by atoms with Crippen molar-refractivity contribution in [2.24, 2.45) is 11.8 Å². The summed E-state index contributed by atoms with van der Waals surface area (Å²) in [4.78, 5) is 72.5. The number of carbonyl (C=O) groups is 4. The van der Waals surface area contributed by atoms with Crippen LogP contribution in [0.25, 0.3) is 0 Å².